The number of rotatable bonds is 3. The van der Waals surface area contributed by atoms with Crippen LogP contribution in [0.3, 0.4) is 0 Å². The highest BCUT2D eigenvalue weighted by atomic mass is 32.2. The third-order valence-electron chi connectivity index (χ3n) is 2.22. The molecule has 0 amide bonds. The second-order valence-corrected chi connectivity index (χ2v) is 7.05. The third-order valence-corrected chi connectivity index (χ3v) is 3.89. The number of hydrogen-bond donors (Lipinski definition) is 1. The standard InChI is InChI=1S/C11H18N2O2S/c1-11(2,3)6-8-16(14,15)10-9(12)5-4-7-13-10/h4-5,7H,6,8,12H2,1-3H3. The zero-order valence-corrected chi connectivity index (χ0v) is 10.7. The first kappa shape index (κ1) is 13.0. The van der Waals surface area contributed by atoms with Crippen molar-refractivity contribution in [1.29, 1.82) is 0 Å². The van der Waals surface area contributed by atoms with Gasteiger partial charge in [-0.3, -0.25) is 0 Å². The van der Waals surface area contributed by atoms with Gasteiger partial charge in [-0.1, -0.05) is 20.8 Å². The van der Waals surface area contributed by atoms with Gasteiger partial charge in [-0.2, -0.15) is 0 Å². The summed E-state index contributed by atoms with van der Waals surface area (Å²) in [6.07, 6.45) is 2.03. The van der Waals surface area contributed by atoms with Gasteiger partial charge in [-0.25, -0.2) is 13.4 Å². The van der Waals surface area contributed by atoms with Crippen LogP contribution in [0.4, 0.5) is 5.69 Å². The van der Waals surface area contributed by atoms with Crippen LogP contribution in [0, 0.1) is 5.41 Å². The van der Waals surface area contributed by atoms with Gasteiger partial charge >= 0.3 is 0 Å². The van der Waals surface area contributed by atoms with Crippen LogP contribution in [0.15, 0.2) is 23.4 Å². The normalized spacial score (nSPS) is 12.7. The van der Waals surface area contributed by atoms with Gasteiger partial charge in [0.05, 0.1) is 11.4 Å². The van der Waals surface area contributed by atoms with Gasteiger partial charge in [0.15, 0.2) is 14.9 Å². The Morgan fingerprint density at radius 1 is 1.38 bits per heavy atom. The van der Waals surface area contributed by atoms with Gasteiger partial charge in [0.2, 0.25) is 0 Å². The molecule has 0 aliphatic rings. The van der Waals surface area contributed by atoms with E-state index in [1.807, 2.05) is 20.8 Å². The number of aromatic nitrogens is 1. The number of nitrogens with zero attached hydrogens (tertiary/aromatic N) is 1. The molecule has 0 bridgehead atoms. The molecule has 1 heterocycles. The molecule has 5 heteroatoms. The van der Waals surface area contributed by atoms with E-state index in [1.165, 1.54) is 6.20 Å². The Labute approximate surface area is 96.8 Å². The first-order valence-corrected chi connectivity index (χ1v) is 6.81. The highest BCUT2D eigenvalue weighted by Gasteiger charge is 2.22. The topological polar surface area (TPSA) is 73.0 Å². The fourth-order valence-electron chi connectivity index (χ4n) is 1.20. The average Bonchev–Trinajstić information content (AvgIpc) is 2.14. The summed E-state index contributed by atoms with van der Waals surface area (Å²) in [7, 11) is -3.36. The van der Waals surface area contributed by atoms with Crippen molar-refractivity contribution in [2.75, 3.05) is 11.5 Å². The first-order chi connectivity index (χ1) is 7.22. The molecule has 1 aromatic rings. The summed E-state index contributed by atoms with van der Waals surface area (Å²) in [6, 6.07) is 3.18. The lowest BCUT2D eigenvalue weighted by atomic mass is 9.94. The zero-order valence-electron chi connectivity index (χ0n) is 9.90. The lowest BCUT2D eigenvalue weighted by Crippen LogP contribution is -2.16. The number of nitrogens with two attached hydrogens (primary N) is 1. The smallest absolute Gasteiger partial charge is 0.197 e. The summed E-state index contributed by atoms with van der Waals surface area (Å²) in [5, 5.41) is -0.000694. The number of nitrogen functional groups attached to an aromatic ring is 1. The minimum atomic E-state index is -3.36. The number of sulfone groups is 1. The Kier molecular flexibility index (Phi) is 3.57. The molecular weight excluding hydrogens is 224 g/mol. The van der Waals surface area contributed by atoms with E-state index in [0.717, 1.165) is 0 Å². The summed E-state index contributed by atoms with van der Waals surface area (Å²) in [5.41, 5.74) is 5.81. The maximum absolute atomic E-state index is 12.0. The molecule has 0 aliphatic heterocycles. The van der Waals surface area contributed by atoms with E-state index in [0.29, 0.717) is 6.42 Å². The molecular formula is C11H18N2O2S. The van der Waals surface area contributed by atoms with Crippen LogP contribution < -0.4 is 5.73 Å². The Hall–Kier alpha value is -1.10. The van der Waals surface area contributed by atoms with Crippen molar-refractivity contribution in [3.05, 3.63) is 18.3 Å². The van der Waals surface area contributed by atoms with Crippen molar-refractivity contribution < 1.29 is 8.42 Å². The maximum atomic E-state index is 12.0. The third kappa shape index (κ3) is 3.48. The van der Waals surface area contributed by atoms with E-state index in [2.05, 4.69) is 4.98 Å². The minimum Gasteiger partial charge on any atom is -0.396 e. The second kappa shape index (κ2) is 4.41. The molecule has 4 nitrogen and oxygen atoms in total. The first-order valence-electron chi connectivity index (χ1n) is 5.16. The van der Waals surface area contributed by atoms with Gasteiger partial charge in [0.25, 0.3) is 0 Å². The lowest BCUT2D eigenvalue weighted by molar-refractivity contribution is 0.397. The SMILES string of the molecule is CC(C)(C)CCS(=O)(=O)c1ncccc1N. The number of anilines is 1. The molecule has 0 atom stereocenters. The number of hydrogen-bond acceptors (Lipinski definition) is 4. The van der Waals surface area contributed by atoms with E-state index >= 15 is 0 Å². The van der Waals surface area contributed by atoms with E-state index in [4.69, 9.17) is 5.73 Å². The molecule has 0 aliphatic carbocycles. The number of pyridine rings is 1. The molecule has 0 saturated carbocycles. The van der Waals surface area contributed by atoms with Crippen LogP contribution >= 0.6 is 0 Å². The van der Waals surface area contributed by atoms with Gasteiger partial charge in [-0.15, -0.1) is 0 Å². The van der Waals surface area contributed by atoms with Crippen LogP contribution in [0.25, 0.3) is 0 Å². The largest absolute Gasteiger partial charge is 0.396 e. The summed E-state index contributed by atoms with van der Waals surface area (Å²) in [6.45, 7) is 6.01. The zero-order chi connectivity index (χ0) is 12.4. The van der Waals surface area contributed by atoms with E-state index in [1.54, 1.807) is 12.1 Å². The van der Waals surface area contributed by atoms with Crippen molar-refractivity contribution in [1.82, 2.24) is 4.98 Å². The molecule has 0 aromatic carbocycles. The predicted octanol–water partition coefficient (Wildman–Crippen LogP) is 1.87. The van der Waals surface area contributed by atoms with Gasteiger partial charge in [0, 0.05) is 6.20 Å². The van der Waals surface area contributed by atoms with Gasteiger partial charge in [-0.05, 0) is 24.0 Å². The van der Waals surface area contributed by atoms with E-state index in [-0.39, 0.29) is 21.9 Å². The fraction of sp³-hybridized carbons (Fsp3) is 0.545. The Morgan fingerprint density at radius 3 is 2.50 bits per heavy atom. The second-order valence-electron chi connectivity index (χ2n) is 5.03. The molecule has 16 heavy (non-hydrogen) atoms. The average molecular weight is 242 g/mol. The Balaban J connectivity index is 2.92. The quantitative estimate of drug-likeness (QED) is 0.878. The summed E-state index contributed by atoms with van der Waals surface area (Å²) < 4.78 is 23.9. The van der Waals surface area contributed by atoms with Crippen molar-refractivity contribution in [3.63, 3.8) is 0 Å². The highest BCUT2D eigenvalue weighted by Crippen LogP contribution is 2.23. The van der Waals surface area contributed by atoms with Gasteiger partial charge in [0.1, 0.15) is 0 Å². The van der Waals surface area contributed by atoms with Crippen LogP contribution in [0.1, 0.15) is 27.2 Å². The lowest BCUT2D eigenvalue weighted by Gasteiger charge is -2.17. The molecule has 0 unspecified atom stereocenters. The fourth-order valence-corrected chi connectivity index (χ4v) is 2.92. The van der Waals surface area contributed by atoms with Crippen LogP contribution in [-0.2, 0) is 9.84 Å². The minimum absolute atomic E-state index is 0.000694. The van der Waals surface area contributed by atoms with Crippen LogP contribution in [0.2, 0.25) is 0 Å². The van der Waals surface area contributed by atoms with Gasteiger partial charge < -0.3 is 5.73 Å². The van der Waals surface area contributed by atoms with Crippen molar-refractivity contribution in [3.8, 4) is 0 Å². The molecule has 0 radical (unpaired) electrons. The van der Waals surface area contributed by atoms with Crippen LogP contribution in [-0.4, -0.2) is 19.2 Å². The molecule has 90 valence electrons. The monoisotopic (exact) mass is 242 g/mol. The summed E-state index contributed by atoms with van der Waals surface area (Å²) in [4.78, 5) is 3.84. The van der Waals surface area contributed by atoms with E-state index < -0.39 is 9.84 Å². The molecule has 2 N–H and O–H groups in total. The molecule has 1 aromatic heterocycles. The Bertz CT molecular complexity index is 461. The predicted molar refractivity (Wildman–Crippen MR) is 64.8 cm³/mol. The summed E-state index contributed by atoms with van der Waals surface area (Å²) in [5.74, 6) is 0.0811. The Morgan fingerprint density at radius 2 is 2.00 bits per heavy atom. The molecule has 0 saturated heterocycles. The molecule has 0 fully saturated rings. The van der Waals surface area contributed by atoms with Crippen molar-refractivity contribution >= 4 is 15.5 Å². The van der Waals surface area contributed by atoms with Crippen LogP contribution in [0.5, 0.6) is 0 Å². The maximum Gasteiger partial charge on any atom is 0.197 e. The molecule has 1 rings (SSSR count). The summed E-state index contributed by atoms with van der Waals surface area (Å²) >= 11 is 0. The molecule has 0 spiro atoms. The van der Waals surface area contributed by atoms with Crippen molar-refractivity contribution in [2.24, 2.45) is 5.41 Å². The highest BCUT2D eigenvalue weighted by molar-refractivity contribution is 7.91. The van der Waals surface area contributed by atoms with E-state index in [9.17, 15) is 8.42 Å². The van der Waals surface area contributed by atoms with Crippen molar-refractivity contribution in [2.45, 2.75) is 32.2 Å².